The van der Waals surface area contributed by atoms with Crippen molar-refractivity contribution in [3.63, 3.8) is 0 Å². The molecule has 8 heteroatoms. The number of carbonyl (C=O) groups is 1. The maximum atomic E-state index is 13.7. The third-order valence-corrected chi connectivity index (χ3v) is 8.11. The number of hydrogen-bond acceptors (Lipinski definition) is 5. The molecule has 1 aliphatic rings. The van der Waals surface area contributed by atoms with E-state index < -0.39 is 22.0 Å². The Labute approximate surface area is 219 Å². The van der Waals surface area contributed by atoms with Gasteiger partial charge < -0.3 is 14.8 Å². The summed E-state index contributed by atoms with van der Waals surface area (Å²) in [7, 11) is -3.92. The summed E-state index contributed by atoms with van der Waals surface area (Å²) in [5, 5.41) is 2.81. The van der Waals surface area contributed by atoms with Crippen LogP contribution < -0.4 is 19.1 Å². The lowest BCUT2D eigenvalue weighted by molar-refractivity contribution is -0.127. The average Bonchev–Trinajstić information content (AvgIpc) is 2.90. The third-order valence-electron chi connectivity index (χ3n) is 6.32. The number of aryl methyl sites for hydroxylation is 1. The number of nitrogens with one attached hydrogen (secondary N) is 1. The molecule has 3 aromatic carbocycles. The van der Waals surface area contributed by atoms with Crippen molar-refractivity contribution in [1.29, 1.82) is 0 Å². The predicted molar refractivity (Wildman–Crippen MR) is 145 cm³/mol. The quantitative estimate of drug-likeness (QED) is 0.434. The second-order valence-corrected chi connectivity index (χ2v) is 11.9. The van der Waals surface area contributed by atoms with Gasteiger partial charge in [0, 0.05) is 0 Å². The lowest BCUT2D eigenvalue weighted by atomic mass is 9.86. The highest BCUT2D eigenvalue weighted by atomic mass is 32.2. The molecule has 37 heavy (non-hydrogen) atoms. The van der Waals surface area contributed by atoms with Gasteiger partial charge in [-0.25, -0.2) is 8.42 Å². The first-order valence-corrected chi connectivity index (χ1v) is 13.9. The van der Waals surface area contributed by atoms with Gasteiger partial charge in [0.2, 0.25) is 0 Å². The summed E-state index contributed by atoms with van der Waals surface area (Å²) in [4.78, 5) is 13.2. The Hall–Kier alpha value is -3.52. The Kier molecular flexibility index (Phi) is 7.78. The van der Waals surface area contributed by atoms with E-state index in [-0.39, 0.29) is 30.0 Å². The molecule has 0 aromatic heterocycles. The van der Waals surface area contributed by atoms with Gasteiger partial charge in [-0.15, -0.1) is 0 Å². The van der Waals surface area contributed by atoms with Gasteiger partial charge in [-0.1, -0.05) is 64.1 Å². The standard InChI is InChI=1S/C29H34N2O5S/c1-5-21-11-14-23(15-12-21)35-18-17-30-28(32)27-20-31(37(33,34)24-9-7-6-8-10-24)25-19-22(29(2,3)4)13-16-26(25)36-27/h6-16,19,27H,5,17-18,20H2,1-4H3,(H,30,32)/t27-/m0/s1. The number of fused-ring (bicyclic) bond motifs is 1. The first kappa shape index (κ1) is 26.5. The van der Waals surface area contributed by atoms with E-state index in [4.69, 9.17) is 9.47 Å². The number of nitrogens with zero attached hydrogens (tertiary/aromatic N) is 1. The number of hydrogen-bond donors (Lipinski definition) is 1. The third kappa shape index (κ3) is 6.07. The lowest BCUT2D eigenvalue weighted by Crippen LogP contribution is -2.51. The largest absolute Gasteiger partial charge is 0.492 e. The number of benzene rings is 3. The Morgan fingerprint density at radius 2 is 1.76 bits per heavy atom. The molecular formula is C29H34N2O5S. The predicted octanol–water partition coefficient (Wildman–Crippen LogP) is 4.70. The zero-order valence-corrected chi connectivity index (χ0v) is 22.5. The topological polar surface area (TPSA) is 84.9 Å². The van der Waals surface area contributed by atoms with E-state index in [0.717, 1.165) is 17.7 Å². The van der Waals surface area contributed by atoms with Crippen molar-refractivity contribution in [1.82, 2.24) is 5.32 Å². The van der Waals surface area contributed by atoms with Gasteiger partial charge in [0.15, 0.2) is 6.10 Å². The molecule has 1 aliphatic heterocycles. The van der Waals surface area contributed by atoms with Gasteiger partial charge in [0.25, 0.3) is 15.9 Å². The average molecular weight is 523 g/mol. The first-order valence-electron chi connectivity index (χ1n) is 12.5. The van der Waals surface area contributed by atoms with Crippen LogP contribution in [0.2, 0.25) is 0 Å². The summed E-state index contributed by atoms with van der Waals surface area (Å²) in [6.07, 6.45) is -0.0506. The van der Waals surface area contributed by atoms with E-state index in [1.54, 1.807) is 36.4 Å². The van der Waals surface area contributed by atoms with Crippen molar-refractivity contribution < 1.29 is 22.7 Å². The number of sulfonamides is 1. The van der Waals surface area contributed by atoms with Crippen LogP contribution >= 0.6 is 0 Å². The number of rotatable bonds is 8. The van der Waals surface area contributed by atoms with Crippen LogP contribution in [0, 0.1) is 0 Å². The smallest absolute Gasteiger partial charge is 0.264 e. The van der Waals surface area contributed by atoms with Crippen LogP contribution in [0.5, 0.6) is 11.5 Å². The van der Waals surface area contributed by atoms with Crippen LogP contribution in [-0.4, -0.2) is 40.1 Å². The fraction of sp³-hybridized carbons (Fsp3) is 0.345. The number of amides is 1. The molecule has 4 rings (SSSR count). The monoisotopic (exact) mass is 522 g/mol. The van der Waals surface area contributed by atoms with Crippen LogP contribution in [-0.2, 0) is 26.7 Å². The summed E-state index contributed by atoms with van der Waals surface area (Å²) in [5.41, 5.74) is 2.43. The SMILES string of the molecule is CCc1ccc(OCCNC(=O)[C@@H]2CN(S(=O)(=O)c3ccccc3)c3cc(C(C)(C)C)ccc3O2)cc1. The Morgan fingerprint density at radius 3 is 2.41 bits per heavy atom. The number of ether oxygens (including phenoxy) is 2. The molecule has 3 aromatic rings. The fourth-order valence-electron chi connectivity index (χ4n) is 4.08. The van der Waals surface area contributed by atoms with Crippen molar-refractivity contribution in [3.05, 3.63) is 83.9 Å². The summed E-state index contributed by atoms with van der Waals surface area (Å²) in [6.45, 7) is 8.67. The normalized spacial score (nSPS) is 15.5. The van der Waals surface area contributed by atoms with Crippen molar-refractivity contribution in [2.75, 3.05) is 24.0 Å². The molecule has 1 heterocycles. The lowest BCUT2D eigenvalue weighted by Gasteiger charge is -2.36. The fourth-order valence-corrected chi connectivity index (χ4v) is 5.57. The summed E-state index contributed by atoms with van der Waals surface area (Å²) in [5.74, 6) is 0.680. The molecule has 0 saturated heterocycles. The molecule has 196 valence electrons. The molecule has 0 aliphatic carbocycles. The summed E-state index contributed by atoms with van der Waals surface area (Å²) in [6, 6.07) is 21.5. The minimum Gasteiger partial charge on any atom is -0.492 e. The van der Waals surface area contributed by atoms with E-state index >= 15 is 0 Å². The highest BCUT2D eigenvalue weighted by Crippen LogP contribution is 2.40. The van der Waals surface area contributed by atoms with Crippen LogP contribution in [0.3, 0.4) is 0 Å². The molecule has 0 bridgehead atoms. The van der Waals surface area contributed by atoms with E-state index in [1.807, 2.05) is 36.4 Å². The minimum atomic E-state index is -3.92. The Morgan fingerprint density at radius 1 is 1.05 bits per heavy atom. The molecule has 0 unspecified atom stereocenters. The van der Waals surface area contributed by atoms with Crippen LogP contribution in [0.1, 0.15) is 38.8 Å². The van der Waals surface area contributed by atoms with E-state index in [1.165, 1.54) is 9.87 Å². The maximum absolute atomic E-state index is 13.7. The van der Waals surface area contributed by atoms with Crippen LogP contribution in [0.4, 0.5) is 5.69 Å². The molecule has 0 fully saturated rings. The molecule has 0 spiro atoms. The molecule has 0 saturated carbocycles. The van der Waals surface area contributed by atoms with Gasteiger partial charge in [-0.05, 0) is 59.4 Å². The van der Waals surface area contributed by atoms with Crippen LogP contribution in [0.25, 0.3) is 0 Å². The van der Waals surface area contributed by atoms with E-state index in [9.17, 15) is 13.2 Å². The first-order chi connectivity index (χ1) is 17.6. The van der Waals surface area contributed by atoms with E-state index in [0.29, 0.717) is 11.4 Å². The zero-order valence-electron chi connectivity index (χ0n) is 21.7. The Balaban J connectivity index is 1.51. The van der Waals surface area contributed by atoms with Gasteiger partial charge in [-0.3, -0.25) is 9.10 Å². The number of carbonyl (C=O) groups excluding carboxylic acids is 1. The van der Waals surface area contributed by atoms with Gasteiger partial charge >= 0.3 is 0 Å². The zero-order chi connectivity index (χ0) is 26.6. The molecule has 7 nitrogen and oxygen atoms in total. The highest BCUT2D eigenvalue weighted by Gasteiger charge is 2.38. The Bertz CT molecular complexity index is 1330. The van der Waals surface area contributed by atoms with Gasteiger partial charge in [0.05, 0.1) is 23.7 Å². The maximum Gasteiger partial charge on any atom is 0.264 e. The highest BCUT2D eigenvalue weighted by molar-refractivity contribution is 7.92. The molecule has 1 atom stereocenters. The van der Waals surface area contributed by atoms with Gasteiger partial charge in [-0.2, -0.15) is 0 Å². The van der Waals surface area contributed by atoms with Crippen molar-refractivity contribution in [2.45, 2.75) is 50.5 Å². The second kappa shape index (κ2) is 10.8. The van der Waals surface area contributed by atoms with Gasteiger partial charge in [0.1, 0.15) is 18.1 Å². The van der Waals surface area contributed by atoms with E-state index in [2.05, 4.69) is 33.0 Å². The van der Waals surface area contributed by atoms with Crippen molar-refractivity contribution in [2.24, 2.45) is 0 Å². The molecular weight excluding hydrogens is 488 g/mol. The molecule has 0 radical (unpaired) electrons. The van der Waals surface area contributed by atoms with Crippen LogP contribution in [0.15, 0.2) is 77.7 Å². The summed E-state index contributed by atoms with van der Waals surface area (Å²) >= 11 is 0. The number of anilines is 1. The van der Waals surface area contributed by atoms with Crippen molar-refractivity contribution >= 4 is 21.6 Å². The molecule has 1 N–H and O–H groups in total. The minimum absolute atomic E-state index is 0.136. The summed E-state index contributed by atoms with van der Waals surface area (Å²) < 4.78 is 40.3. The second-order valence-electron chi connectivity index (χ2n) is 10.0. The van der Waals surface area contributed by atoms with Crippen molar-refractivity contribution in [3.8, 4) is 11.5 Å². The molecule has 1 amide bonds.